The van der Waals surface area contributed by atoms with Crippen LogP contribution in [0.15, 0.2) is 9.81 Å². The van der Waals surface area contributed by atoms with Crippen LogP contribution in [0.1, 0.15) is 97.3 Å². The summed E-state index contributed by atoms with van der Waals surface area (Å²) in [4.78, 5) is 10.8. The first-order chi connectivity index (χ1) is 12.2. The quantitative estimate of drug-likeness (QED) is 0.498. The molecule has 3 heteroatoms. The van der Waals surface area contributed by atoms with E-state index in [2.05, 4.69) is 37.4 Å². The summed E-state index contributed by atoms with van der Waals surface area (Å²) in [6.07, 6.45) is 16.6. The minimum Gasteiger partial charge on any atom is -0.300 e. The Hall–Kier alpha value is 0.110. The van der Waals surface area contributed by atoms with Gasteiger partial charge in [-0.2, -0.15) is 0 Å². The van der Waals surface area contributed by atoms with Gasteiger partial charge >= 0.3 is 0 Å². The van der Waals surface area contributed by atoms with Gasteiger partial charge in [0.25, 0.3) is 0 Å². The van der Waals surface area contributed by atoms with Gasteiger partial charge in [-0.1, -0.05) is 45.1 Å². The summed E-state index contributed by atoms with van der Waals surface area (Å²) >= 11 is 4.25. The van der Waals surface area contributed by atoms with Crippen molar-refractivity contribution in [1.29, 1.82) is 0 Å². The fraction of sp³-hybridized carbons (Fsp3) is 0.864. The molecule has 1 nitrogen and oxygen atoms in total. The van der Waals surface area contributed by atoms with Crippen molar-refractivity contribution in [1.82, 2.24) is 0 Å². The molecule has 0 aromatic rings. The van der Waals surface area contributed by atoms with Crippen LogP contribution in [0.25, 0.3) is 0 Å². The summed E-state index contributed by atoms with van der Waals surface area (Å²) in [6, 6.07) is 0. The zero-order valence-corrected chi connectivity index (χ0v) is 18.1. The minimum absolute atomic E-state index is 0.479. The normalized spacial score (nSPS) is 25.5. The van der Waals surface area contributed by atoms with E-state index in [0.717, 1.165) is 37.5 Å². The predicted molar refractivity (Wildman–Crippen MR) is 115 cm³/mol. The van der Waals surface area contributed by atoms with Crippen molar-refractivity contribution in [3.8, 4) is 0 Å². The number of hydrogen-bond donors (Lipinski definition) is 0. The fourth-order valence-electron chi connectivity index (χ4n) is 4.26. The number of ketones is 1. The maximum absolute atomic E-state index is 10.8. The van der Waals surface area contributed by atoms with Crippen LogP contribution in [0.4, 0.5) is 0 Å². The number of thioether (sulfide) groups is 2. The van der Waals surface area contributed by atoms with Gasteiger partial charge in [-0.05, 0) is 68.3 Å². The van der Waals surface area contributed by atoms with Crippen LogP contribution >= 0.6 is 23.5 Å². The van der Waals surface area contributed by atoms with E-state index in [4.69, 9.17) is 0 Å². The molecule has 0 amide bonds. The Morgan fingerprint density at radius 1 is 0.800 bits per heavy atom. The second-order valence-electron chi connectivity index (χ2n) is 7.94. The molecule has 144 valence electrons. The van der Waals surface area contributed by atoms with E-state index in [1.807, 2.05) is 0 Å². The third kappa shape index (κ3) is 8.12. The van der Waals surface area contributed by atoms with Crippen molar-refractivity contribution in [3.05, 3.63) is 9.81 Å². The minimum atomic E-state index is 0.479. The highest BCUT2D eigenvalue weighted by atomic mass is 32.2. The van der Waals surface area contributed by atoms with Gasteiger partial charge in [-0.25, -0.2) is 0 Å². The van der Waals surface area contributed by atoms with Crippen molar-refractivity contribution >= 4 is 29.3 Å². The Morgan fingerprint density at radius 3 is 1.76 bits per heavy atom. The van der Waals surface area contributed by atoms with E-state index in [1.54, 1.807) is 9.81 Å². The molecule has 2 aliphatic carbocycles. The monoisotopic (exact) mass is 382 g/mol. The molecule has 1 aliphatic heterocycles. The molecular weight excluding hydrogens is 344 g/mol. The lowest BCUT2D eigenvalue weighted by Gasteiger charge is -2.26. The van der Waals surface area contributed by atoms with E-state index in [-0.39, 0.29) is 0 Å². The average molecular weight is 383 g/mol. The molecule has 3 aliphatic rings. The molecule has 0 bridgehead atoms. The largest absolute Gasteiger partial charge is 0.300 e. The molecule has 0 unspecified atom stereocenters. The van der Waals surface area contributed by atoms with Crippen LogP contribution in [0.3, 0.4) is 0 Å². The van der Waals surface area contributed by atoms with Crippen molar-refractivity contribution < 1.29 is 4.79 Å². The second kappa shape index (κ2) is 12.5. The van der Waals surface area contributed by atoms with E-state index < -0.39 is 0 Å². The van der Waals surface area contributed by atoms with Crippen LogP contribution in [0.5, 0.6) is 0 Å². The van der Waals surface area contributed by atoms with E-state index in [9.17, 15) is 4.79 Å². The zero-order chi connectivity index (χ0) is 17.9. The molecule has 3 fully saturated rings. The number of carbonyl (C=O) groups is 1. The highest BCUT2D eigenvalue weighted by Gasteiger charge is 2.20. The number of allylic oxidation sites excluding steroid dienone is 1. The van der Waals surface area contributed by atoms with Crippen LogP contribution in [-0.2, 0) is 4.79 Å². The number of hydrogen-bond acceptors (Lipinski definition) is 3. The zero-order valence-electron chi connectivity index (χ0n) is 16.5. The topological polar surface area (TPSA) is 17.1 Å². The third-order valence-electron chi connectivity index (χ3n) is 5.81. The number of Topliss-reactive ketones (excluding diaryl/α,β-unsaturated/α-hetero) is 1. The van der Waals surface area contributed by atoms with Crippen LogP contribution in [0, 0.1) is 11.8 Å². The Bertz CT molecular complexity index is 402. The maximum Gasteiger partial charge on any atom is 0.132 e. The molecule has 1 heterocycles. The second-order valence-corrected chi connectivity index (χ2v) is 10.4. The van der Waals surface area contributed by atoms with Crippen molar-refractivity contribution in [2.45, 2.75) is 97.3 Å². The van der Waals surface area contributed by atoms with Crippen LogP contribution < -0.4 is 0 Å². The van der Waals surface area contributed by atoms with Gasteiger partial charge in [0.2, 0.25) is 0 Å². The molecular formula is C22H38OS2. The summed E-state index contributed by atoms with van der Waals surface area (Å²) in [5.41, 5.74) is 1.80. The van der Waals surface area contributed by atoms with Crippen LogP contribution in [0.2, 0.25) is 0 Å². The molecule has 0 spiro atoms. The first-order valence-electron chi connectivity index (χ1n) is 10.7. The summed E-state index contributed by atoms with van der Waals surface area (Å²) < 4.78 is 1.70. The summed E-state index contributed by atoms with van der Waals surface area (Å²) in [5, 5.41) is 0. The first kappa shape index (κ1) is 21.4. The van der Waals surface area contributed by atoms with Gasteiger partial charge in [0, 0.05) is 17.1 Å². The molecule has 0 atom stereocenters. The molecule has 25 heavy (non-hydrogen) atoms. The predicted octanol–water partition coefficient (Wildman–Crippen LogP) is 7.60. The smallest absolute Gasteiger partial charge is 0.132 e. The highest BCUT2D eigenvalue weighted by Crippen LogP contribution is 2.43. The molecule has 0 radical (unpaired) electrons. The first-order valence-corrected chi connectivity index (χ1v) is 12.7. The Morgan fingerprint density at radius 2 is 1.28 bits per heavy atom. The molecule has 0 N–H and O–H groups in total. The SMILES string of the molecule is CCCC1CCC(=C2SCCCS2)CC1.CCCC1CCC(=O)CC1. The van der Waals surface area contributed by atoms with Gasteiger partial charge in [0.15, 0.2) is 0 Å². The summed E-state index contributed by atoms with van der Waals surface area (Å²) in [5.74, 6) is 5.11. The van der Waals surface area contributed by atoms with Crippen molar-refractivity contribution in [2.24, 2.45) is 11.8 Å². The molecule has 1 saturated heterocycles. The molecule has 3 rings (SSSR count). The third-order valence-corrected chi connectivity index (χ3v) is 8.60. The van der Waals surface area contributed by atoms with Crippen LogP contribution in [-0.4, -0.2) is 17.3 Å². The highest BCUT2D eigenvalue weighted by molar-refractivity contribution is 8.22. The van der Waals surface area contributed by atoms with E-state index in [1.165, 1.54) is 69.3 Å². The van der Waals surface area contributed by atoms with Gasteiger partial charge in [-0.3, -0.25) is 4.79 Å². The summed E-state index contributed by atoms with van der Waals surface area (Å²) in [7, 11) is 0. The molecule has 0 aromatic carbocycles. The average Bonchev–Trinajstić information content (AvgIpc) is 2.66. The molecule has 2 saturated carbocycles. The lowest BCUT2D eigenvalue weighted by Crippen LogP contribution is -2.13. The van der Waals surface area contributed by atoms with E-state index >= 15 is 0 Å². The van der Waals surface area contributed by atoms with Gasteiger partial charge < -0.3 is 0 Å². The fourth-order valence-corrected chi connectivity index (χ4v) is 7.04. The maximum atomic E-state index is 10.8. The lowest BCUT2D eigenvalue weighted by atomic mass is 9.84. The standard InChI is InChI=1S/C13H22S2.C9H16O/c1-2-4-11-5-7-12(8-6-11)13-14-9-3-10-15-13;1-2-3-8-4-6-9(10)7-5-8/h11H,2-10H2,1H3;8H,2-7H2,1H3. The van der Waals surface area contributed by atoms with Gasteiger partial charge in [0.1, 0.15) is 5.78 Å². The summed E-state index contributed by atoms with van der Waals surface area (Å²) in [6.45, 7) is 4.54. The van der Waals surface area contributed by atoms with Gasteiger partial charge in [0.05, 0.1) is 0 Å². The van der Waals surface area contributed by atoms with Crippen molar-refractivity contribution in [2.75, 3.05) is 11.5 Å². The Kier molecular flexibility index (Phi) is 10.7. The Labute approximate surface area is 164 Å². The molecule has 0 aromatic heterocycles. The Balaban J connectivity index is 0.000000196. The van der Waals surface area contributed by atoms with Crippen molar-refractivity contribution in [3.63, 3.8) is 0 Å². The lowest BCUT2D eigenvalue weighted by molar-refractivity contribution is -0.121. The van der Waals surface area contributed by atoms with E-state index in [0.29, 0.717) is 5.78 Å². The number of carbonyl (C=O) groups excluding carboxylic acids is 1. The number of rotatable bonds is 4. The van der Waals surface area contributed by atoms with Gasteiger partial charge in [-0.15, -0.1) is 23.5 Å².